The lowest BCUT2D eigenvalue weighted by Crippen LogP contribution is -2.05. The summed E-state index contributed by atoms with van der Waals surface area (Å²) in [6, 6.07) is 7.86. The molecule has 3 rings (SSSR count). The van der Waals surface area contributed by atoms with Crippen LogP contribution in [0.2, 0.25) is 0 Å². The van der Waals surface area contributed by atoms with Crippen LogP contribution in [0.3, 0.4) is 0 Å². The molecule has 0 saturated heterocycles. The average molecular weight is 382 g/mol. The van der Waals surface area contributed by atoms with Crippen molar-refractivity contribution in [1.82, 2.24) is 15.1 Å². The molecule has 7 nitrogen and oxygen atoms in total. The predicted molar refractivity (Wildman–Crippen MR) is 85.2 cm³/mol. The molecule has 2 heterocycles. The minimum atomic E-state index is -4.43. The van der Waals surface area contributed by atoms with Crippen molar-refractivity contribution >= 4 is 17.4 Å². The first-order valence-electron chi connectivity index (χ1n) is 7.06. The van der Waals surface area contributed by atoms with Crippen LogP contribution < -0.4 is 0 Å². The number of hydrogen-bond acceptors (Lipinski definition) is 7. The Morgan fingerprint density at radius 1 is 1.15 bits per heavy atom. The minimum absolute atomic E-state index is 0.0543. The van der Waals surface area contributed by atoms with E-state index in [1.165, 1.54) is 30.3 Å². The van der Waals surface area contributed by atoms with Crippen molar-refractivity contribution in [3.63, 3.8) is 0 Å². The van der Waals surface area contributed by atoms with Crippen LogP contribution in [0.25, 0.3) is 11.4 Å². The molecule has 0 unspecified atom stereocenters. The fourth-order valence-corrected chi connectivity index (χ4v) is 2.61. The standard InChI is InChI=1S/C15H9F3N4O3S/c16-15(17,18)10-3-6-13(19-7-10)26-8-12-20-14(21-25-12)9-1-4-11(5-2-9)22(23)24/h1-7H,8H2. The van der Waals surface area contributed by atoms with E-state index in [-0.39, 0.29) is 23.2 Å². The van der Waals surface area contributed by atoms with E-state index in [2.05, 4.69) is 15.1 Å². The molecule has 11 heteroatoms. The normalized spacial score (nSPS) is 11.5. The van der Waals surface area contributed by atoms with Gasteiger partial charge in [-0.05, 0) is 24.3 Å². The third kappa shape index (κ3) is 4.17. The summed E-state index contributed by atoms with van der Waals surface area (Å²) in [5.41, 5.74) is -0.329. The maximum atomic E-state index is 12.5. The molecule has 0 amide bonds. The highest BCUT2D eigenvalue weighted by Gasteiger charge is 2.30. The Labute approximate surface area is 148 Å². The van der Waals surface area contributed by atoms with Crippen molar-refractivity contribution < 1.29 is 22.6 Å². The molecular formula is C15H9F3N4O3S. The van der Waals surface area contributed by atoms with E-state index in [0.717, 1.165) is 24.0 Å². The summed E-state index contributed by atoms with van der Waals surface area (Å²) in [6.45, 7) is 0. The number of nitro groups is 1. The number of hydrogen-bond donors (Lipinski definition) is 0. The Kier molecular flexibility index (Phi) is 4.89. The molecular weight excluding hydrogens is 373 g/mol. The van der Waals surface area contributed by atoms with Gasteiger partial charge in [-0.15, -0.1) is 0 Å². The molecule has 0 spiro atoms. The first-order chi connectivity index (χ1) is 12.3. The monoisotopic (exact) mass is 382 g/mol. The lowest BCUT2D eigenvalue weighted by atomic mass is 10.2. The van der Waals surface area contributed by atoms with Crippen LogP contribution in [0, 0.1) is 10.1 Å². The molecule has 3 aromatic rings. The Bertz CT molecular complexity index is 911. The van der Waals surface area contributed by atoms with Crippen LogP contribution in [0.4, 0.5) is 18.9 Å². The quantitative estimate of drug-likeness (QED) is 0.368. The molecule has 0 N–H and O–H groups in total. The molecule has 0 atom stereocenters. The maximum Gasteiger partial charge on any atom is 0.417 e. The molecule has 0 aliphatic rings. The van der Waals surface area contributed by atoms with Gasteiger partial charge >= 0.3 is 6.18 Å². The zero-order chi connectivity index (χ0) is 18.7. The molecule has 26 heavy (non-hydrogen) atoms. The summed E-state index contributed by atoms with van der Waals surface area (Å²) in [6.07, 6.45) is -3.67. The SMILES string of the molecule is O=[N+]([O-])c1ccc(-c2noc(CSc3ccc(C(F)(F)F)cn3)n2)cc1. The number of alkyl halides is 3. The molecule has 0 saturated carbocycles. The topological polar surface area (TPSA) is 95.0 Å². The fraction of sp³-hybridized carbons (Fsp3) is 0.133. The van der Waals surface area contributed by atoms with E-state index >= 15 is 0 Å². The van der Waals surface area contributed by atoms with Gasteiger partial charge in [-0.2, -0.15) is 18.2 Å². The number of benzene rings is 1. The molecule has 134 valence electrons. The summed E-state index contributed by atoms with van der Waals surface area (Å²) in [4.78, 5) is 18.0. The van der Waals surface area contributed by atoms with E-state index in [9.17, 15) is 23.3 Å². The summed E-state index contributed by atoms with van der Waals surface area (Å²) in [7, 11) is 0. The molecule has 0 fully saturated rings. The third-order valence-electron chi connectivity index (χ3n) is 3.21. The van der Waals surface area contributed by atoms with Crippen LogP contribution in [0.5, 0.6) is 0 Å². The number of thioether (sulfide) groups is 1. The maximum absolute atomic E-state index is 12.5. The van der Waals surface area contributed by atoms with Gasteiger partial charge in [0.15, 0.2) is 0 Å². The third-order valence-corrected chi connectivity index (χ3v) is 4.14. The molecule has 2 aromatic heterocycles. The molecule has 0 aliphatic heterocycles. The van der Waals surface area contributed by atoms with E-state index in [4.69, 9.17) is 4.52 Å². The number of aromatic nitrogens is 3. The van der Waals surface area contributed by atoms with Crippen molar-refractivity contribution in [2.45, 2.75) is 17.0 Å². The van der Waals surface area contributed by atoms with Gasteiger partial charge in [-0.3, -0.25) is 10.1 Å². The second-order valence-corrected chi connectivity index (χ2v) is 5.98. The number of halogens is 3. The van der Waals surface area contributed by atoms with Crippen LogP contribution in [0.1, 0.15) is 11.5 Å². The zero-order valence-corrected chi connectivity index (χ0v) is 13.6. The zero-order valence-electron chi connectivity index (χ0n) is 12.8. The second-order valence-electron chi connectivity index (χ2n) is 4.99. The van der Waals surface area contributed by atoms with E-state index in [1.54, 1.807) is 0 Å². The Morgan fingerprint density at radius 3 is 2.46 bits per heavy atom. The van der Waals surface area contributed by atoms with Crippen LogP contribution in [-0.4, -0.2) is 20.0 Å². The van der Waals surface area contributed by atoms with Gasteiger partial charge in [0, 0.05) is 23.9 Å². The van der Waals surface area contributed by atoms with Gasteiger partial charge in [0.05, 0.1) is 21.3 Å². The smallest absolute Gasteiger partial charge is 0.338 e. The Hall–Kier alpha value is -2.95. The van der Waals surface area contributed by atoms with E-state index < -0.39 is 16.7 Å². The summed E-state index contributed by atoms with van der Waals surface area (Å²) in [5.74, 6) is 0.735. The molecule has 0 bridgehead atoms. The molecule has 0 aliphatic carbocycles. The highest BCUT2D eigenvalue weighted by atomic mass is 32.2. The molecule has 1 aromatic carbocycles. The fourth-order valence-electron chi connectivity index (χ4n) is 1.93. The first-order valence-corrected chi connectivity index (χ1v) is 8.05. The number of rotatable bonds is 5. The highest BCUT2D eigenvalue weighted by molar-refractivity contribution is 7.98. The first kappa shape index (κ1) is 17.9. The lowest BCUT2D eigenvalue weighted by Gasteiger charge is -2.05. The second kappa shape index (κ2) is 7.12. The number of pyridine rings is 1. The van der Waals surface area contributed by atoms with Crippen molar-refractivity contribution in [3.05, 3.63) is 64.2 Å². The van der Waals surface area contributed by atoms with Crippen LogP contribution >= 0.6 is 11.8 Å². The predicted octanol–water partition coefficient (Wildman–Crippen LogP) is 4.35. The van der Waals surface area contributed by atoms with Crippen molar-refractivity contribution in [2.75, 3.05) is 0 Å². The summed E-state index contributed by atoms with van der Waals surface area (Å²) in [5, 5.41) is 14.8. The van der Waals surface area contributed by atoms with Gasteiger partial charge in [-0.25, -0.2) is 4.98 Å². The number of nitro benzene ring substituents is 1. The van der Waals surface area contributed by atoms with Gasteiger partial charge in [-0.1, -0.05) is 16.9 Å². The van der Waals surface area contributed by atoms with Gasteiger partial charge in [0.1, 0.15) is 0 Å². The average Bonchev–Trinajstić information content (AvgIpc) is 3.08. The van der Waals surface area contributed by atoms with E-state index in [0.29, 0.717) is 10.6 Å². The number of non-ortho nitro benzene ring substituents is 1. The minimum Gasteiger partial charge on any atom is -0.338 e. The molecule has 0 radical (unpaired) electrons. The lowest BCUT2D eigenvalue weighted by molar-refractivity contribution is -0.384. The van der Waals surface area contributed by atoms with Gasteiger partial charge in [0.25, 0.3) is 5.69 Å². The Balaban J connectivity index is 1.64. The van der Waals surface area contributed by atoms with Gasteiger partial charge in [0.2, 0.25) is 11.7 Å². The van der Waals surface area contributed by atoms with Crippen LogP contribution in [0.15, 0.2) is 52.1 Å². The number of nitrogens with zero attached hydrogens (tertiary/aromatic N) is 4. The summed E-state index contributed by atoms with van der Waals surface area (Å²) < 4.78 is 42.5. The van der Waals surface area contributed by atoms with Crippen molar-refractivity contribution in [2.24, 2.45) is 0 Å². The highest BCUT2D eigenvalue weighted by Crippen LogP contribution is 2.30. The van der Waals surface area contributed by atoms with Gasteiger partial charge < -0.3 is 4.52 Å². The summed E-state index contributed by atoms with van der Waals surface area (Å²) >= 11 is 1.14. The van der Waals surface area contributed by atoms with E-state index in [1.807, 2.05) is 0 Å². The largest absolute Gasteiger partial charge is 0.417 e. The Morgan fingerprint density at radius 2 is 1.88 bits per heavy atom. The van der Waals surface area contributed by atoms with Crippen LogP contribution in [-0.2, 0) is 11.9 Å². The van der Waals surface area contributed by atoms with Crippen molar-refractivity contribution in [1.29, 1.82) is 0 Å². The van der Waals surface area contributed by atoms with Crippen molar-refractivity contribution in [3.8, 4) is 11.4 Å².